The van der Waals surface area contributed by atoms with E-state index in [0.29, 0.717) is 23.3 Å². The van der Waals surface area contributed by atoms with Crippen LogP contribution in [0.1, 0.15) is 45.4 Å². The van der Waals surface area contributed by atoms with Crippen molar-refractivity contribution in [1.82, 2.24) is 0 Å². The highest BCUT2D eigenvalue weighted by molar-refractivity contribution is 8.02. The first kappa shape index (κ1) is 19.8. The lowest BCUT2D eigenvalue weighted by molar-refractivity contribution is -0.144. The van der Waals surface area contributed by atoms with Crippen LogP contribution in [0.25, 0.3) is 0 Å². The van der Waals surface area contributed by atoms with Crippen LogP contribution < -0.4 is 0 Å². The Morgan fingerprint density at radius 3 is 2.29 bits per heavy atom. The summed E-state index contributed by atoms with van der Waals surface area (Å²) in [5, 5.41) is 28.0. The smallest absolute Gasteiger partial charge is 0.327 e. The van der Waals surface area contributed by atoms with E-state index < -0.39 is 11.9 Å². The van der Waals surface area contributed by atoms with Crippen LogP contribution in [0, 0.1) is 39.9 Å². The molecule has 0 unspecified atom stereocenters. The van der Waals surface area contributed by atoms with E-state index in [0.717, 1.165) is 31.3 Å². The summed E-state index contributed by atoms with van der Waals surface area (Å²) in [7, 11) is 0. The molecule has 0 aromatic heterocycles. The summed E-state index contributed by atoms with van der Waals surface area (Å²) in [6, 6.07) is 5.92. The largest absolute Gasteiger partial charge is 0.465 e. The van der Waals surface area contributed by atoms with Gasteiger partial charge in [0.15, 0.2) is 5.92 Å². The Morgan fingerprint density at radius 1 is 1.17 bits per heavy atom. The molecule has 126 valence electrons. The molecular formula is C18H21N3O2S. The molecule has 0 bridgehead atoms. The molecule has 5 nitrogen and oxygen atoms in total. The second-order valence-electron chi connectivity index (χ2n) is 5.36. The van der Waals surface area contributed by atoms with Gasteiger partial charge in [-0.05, 0) is 50.0 Å². The van der Waals surface area contributed by atoms with Gasteiger partial charge in [-0.3, -0.25) is 4.79 Å². The minimum atomic E-state index is -0.973. The molecule has 0 fully saturated rings. The van der Waals surface area contributed by atoms with Gasteiger partial charge in [0, 0.05) is 4.91 Å². The van der Waals surface area contributed by atoms with Crippen LogP contribution in [0.3, 0.4) is 0 Å². The molecule has 0 heterocycles. The number of carbonyl (C=O) groups excluding carboxylic acids is 1. The highest BCUT2D eigenvalue weighted by Gasteiger charge is 2.29. The molecule has 0 spiro atoms. The summed E-state index contributed by atoms with van der Waals surface area (Å²) in [4.78, 5) is 12.8. The van der Waals surface area contributed by atoms with Gasteiger partial charge < -0.3 is 4.74 Å². The quantitative estimate of drug-likeness (QED) is 0.552. The van der Waals surface area contributed by atoms with Crippen molar-refractivity contribution in [3.8, 4) is 18.2 Å². The normalized spacial score (nSPS) is 15.8. The molecule has 0 N–H and O–H groups in total. The Labute approximate surface area is 147 Å². The Hall–Kier alpha value is -2.23. The maximum atomic E-state index is 12.2. The van der Waals surface area contributed by atoms with Gasteiger partial charge in [0.1, 0.15) is 17.7 Å². The maximum absolute atomic E-state index is 12.2. The number of nitriles is 3. The van der Waals surface area contributed by atoms with E-state index in [2.05, 4.69) is 6.07 Å². The molecule has 0 aromatic rings. The van der Waals surface area contributed by atoms with E-state index in [1.54, 1.807) is 13.2 Å². The van der Waals surface area contributed by atoms with E-state index in [-0.39, 0.29) is 12.2 Å². The van der Waals surface area contributed by atoms with Gasteiger partial charge in [-0.2, -0.15) is 15.8 Å². The lowest BCUT2D eigenvalue weighted by atomic mass is 9.85. The molecule has 0 aromatic carbocycles. The first-order chi connectivity index (χ1) is 11.6. The van der Waals surface area contributed by atoms with Crippen molar-refractivity contribution in [3.63, 3.8) is 0 Å². The second-order valence-corrected chi connectivity index (χ2v) is 6.18. The predicted molar refractivity (Wildman–Crippen MR) is 92.2 cm³/mol. The van der Waals surface area contributed by atoms with E-state index in [9.17, 15) is 20.6 Å². The van der Waals surface area contributed by atoms with Gasteiger partial charge in [-0.25, -0.2) is 0 Å². The van der Waals surface area contributed by atoms with Crippen LogP contribution in [-0.4, -0.2) is 18.8 Å². The van der Waals surface area contributed by atoms with Crippen LogP contribution in [-0.2, 0) is 9.53 Å². The van der Waals surface area contributed by atoms with Crippen LogP contribution >= 0.6 is 11.8 Å². The fourth-order valence-corrected chi connectivity index (χ4v) is 3.64. The summed E-state index contributed by atoms with van der Waals surface area (Å²) < 4.78 is 5.05. The first-order valence-corrected chi connectivity index (χ1v) is 9.24. The monoisotopic (exact) mass is 343 g/mol. The zero-order chi connectivity index (χ0) is 17.9. The highest BCUT2D eigenvalue weighted by atomic mass is 32.2. The molecule has 0 aliphatic heterocycles. The number of carbonyl (C=O) groups is 1. The van der Waals surface area contributed by atoms with E-state index in [1.165, 1.54) is 11.8 Å². The molecule has 1 aliphatic carbocycles. The zero-order valence-electron chi connectivity index (χ0n) is 14.1. The Morgan fingerprint density at radius 2 is 1.79 bits per heavy atom. The molecule has 6 heteroatoms. The van der Waals surface area contributed by atoms with E-state index in [1.807, 2.05) is 12.1 Å². The van der Waals surface area contributed by atoms with Crippen molar-refractivity contribution in [1.29, 1.82) is 15.8 Å². The van der Waals surface area contributed by atoms with Gasteiger partial charge >= 0.3 is 5.97 Å². The number of esters is 1. The zero-order valence-corrected chi connectivity index (χ0v) is 14.9. The Balaban J connectivity index is 3.54. The van der Waals surface area contributed by atoms with Gasteiger partial charge in [0.25, 0.3) is 0 Å². The summed E-state index contributed by atoms with van der Waals surface area (Å²) in [6.07, 6.45) is 6.97. The van der Waals surface area contributed by atoms with Crippen molar-refractivity contribution in [3.05, 3.63) is 21.6 Å². The van der Waals surface area contributed by atoms with E-state index in [4.69, 9.17) is 4.74 Å². The van der Waals surface area contributed by atoms with Crippen molar-refractivity contribution < 1.29 is 9.53 Å². The molecule has 0 saturated heterocycles. The number of hydrogen-bond acceptors (Lipinski definition) is 6. The van der Waals surface area contributed by atoms with Gasteiger partial charge in [0.05, 0.1) is 12.7 Å². The summed E-state index contributed by atoms with van der Waals surface area (Å²) >= 11 is 1.32. The van der Waals surface area contributed by atoms with Crippen molar-refractivity contribution in [2.75, 3.05) is 12.9 Å². The minimum Gasteiger partial charge on any atom is -0.465 e. The molecule has 1 aliphatic rings. The summed E-state index contributed by atoms with van der Waals surface area (Å²) in [5.74, 6) is -1.53. The summed E-state index contributed by atoms with van der Waals surface area (Å²) in [6.45, 7) is 1.92. The minimum absolute atomic E-state index is 0.0381. The number of ether oxygens (including phenoxy) is 1. The highest BCUT2D eigenvalue weighted by Crippen LogP contribution is 2.37. The van der Waals surface area contributed by atoms with Gasteiger partial charge in [-0.1, -0.05) is 12.8 Å². The van der Waals surface area contributed by atoms with Crippen LogP contribution in [0.2, 0.25) is 0 Å². The average molecular weight is 343 g/mol. The molecular weight excluding hydrogens is 322 g/mol. The third kappa shape index (κ3) is 4.88. The standard InChI is InChI=1S/C18H21N3O2S/c1-3-23-18(22)16(12-21)14-8-6-4-5-7-9-15(14)17(24-2)13(10-19)11-20/h16H,3-9H2,1-2H3/t16-/m1/s1. The topological polar surface area (TPSA) is 97.7 Å². The van der Waals surface area contributed by atoms with Gasteiger partial charge in [0.2, 0.25) is 0 Å². The molecule has 0 saturated carbocycles. The molecule has 1 atom stereocenters. The molecule has 24 heavy (non-hydrogen) atoms. The maximum Gasteiger partial charge on any atom is 0.327 e. The van der Waals surface area contributed by atoms with Crippen LogP contribution in [0.5, 0.6) is 0 Å². The fraction of sp³-hybridized carbons (Fsp3) is 0.556. The lowest BCUT2D eigenvalue weighted by Crippen LogP contribution is -2.21. The number of hydrogen-bond donors (Lipinski definition) is 0. The number of rotatable bonds is 5. The first-order valence-electron chi connectivity index (χ1n) is 8.01. The second kappa shape index (κ2) is 10.5. The van der Waals surface area contributed by atoms with Crippen LogP contribution in [0.15, 0.2) is 21.6 Å². The van der Waals surface area contributed by atoms with Crippen molar-refractivity contribution in [2.24, 2.45) is 5.92 Å². The van der Waals surface area contributed by atoms with Crippen molar-refractivity contribution in [2.45, 2.75) is 45.4 Å². The number of allylic oxidation sites excluding steroid dienone is 2. The molecule has 0 amide bonds. The lowest BCUT2D eigenvalue weighted by Gasteiger charge is -2.22. The predicted octanol–water partition coefficient (Wildman–Crippen LogP) is 4.00. The average Bonchev–Trinajstić information content (AvgIpc) is 2.56. The van der Waals surface area contributed by atoms with Crippen LogP contribution in [0.4, 0.5) is 0 Å². The fourth-order valence-electron chi connectivity index (χ4n) is 2.86. The Bertz CT molecular complexity index is 643. The number of thioether (sulfide) groups is 1. The molecule has 1 rings (SSSR count). The van der Waals surface area contributed by atoms with E-state index >= 15 is 0 Å². The third-order valence-electron chi connectivity index (χ3n) is 3.94. The number of nitrogens with zero attached hydrogens (tertiary/aromatic N) is 3. The van der Waals surface area contributed by atoms with Gasteiger partial charge in [-0.15, -0.1) is 11.8 Å². The Kier molecular flexibility index (Phi) is 8.69. The molecule has 0 radical (unpaired) electrons. The van der Waals surface area contributed by atoms with Crippen molar-refractivity contribution >= 4 is 17.7 Å². The summed E-state index contributed by atoms with van der Waals surface area (Å²) in [5.41, 5.74) is 1.55. The SMILES string of the molecule is CCOC(=O)[C@H](C#N)C1=C(C(SC)=C(C#N)C#N)CCCCCC1. The third-order valence-corrected chi connectivity index (χ3v) is 4.80.